The van der Waals surface area contributed by atoms with Gasteiger partial charge in [0.15, 0.2) is 6.10 Å². The van der Waals surface area contributed by atoms with Crippen LogP contribution < -0.4 is 5.32 Å². The molecule has 1 N–H and O–H groups in total. The molecular formula is C20H20N2O7. The summed E-state index contributed by atoms with van der Waals surface area (Å²) in [4.78, 5) is 46.6. The molecule has 2 aromatic rings. The van der Waals surface area contributed by atoms with E-state index in [9.17, 15) is 24.5 Å². The Kier molecular flexibility index (Phi) is 7.02. The highest BCUT2D eigenvalue weighted by Crippen LogP contribution is 2.19. The van der Waals surface area contributed by atoms with Crippen LogP contribution >= 0.6 is 0 Å². The first-order chi connectivity index (χ1) is 13.7. The minimum absolute atomic E-state index is 0.179. The van der Waals surface area contributed by atoms with Gasteiger partial charge in [-0.15, -0.1) is 0 Å². The van der Waals surface area contributed by atoms with Crippen molar-refractivity contribution in [3.05, 3.63) is 69.3 Å². The van der Waals surface area contributed by atoms with Gasteiger partial charge in [0, 0.05) is 17.8 Å². The van der Waals surface area contributed by atoms with Crippen molar-refractivity contribution < 1.29 is 28.8 Å². The van der Waals surface area contributed by atoms with Crippen LogP contribution in [-0.2, 0) is 20.7 Å². The number of esters is 2. The van der Waals surface area contributed by atoms with Crippen LogP contribution in [0.1, 0.15) is 40.1 Å². The number of nitrogens with one attached hydrogen (secondary N) is 1. The molecule has 1 atom stereocenters. The average molecular weight is 400 g/mol. The van der Waals surface area contributed by atoms with Crippen molar-refractivity contribution in [1.29, 1.82) is 0 Å². The Morgan fingerprint density at radius 1 is 1.07 bits per heavy atom. The second-order valence-electron chi connectivity index (χ2n) is 6.10. The van der Waals surface area contributed by atoms with Crippen molar-refractivity contribution >= 4 is 29.2 Å². The smallest absolute Gasteiger partial charge is 0.339 e. The van der Waals surface area contributed by atoms with Gasteiger partial charge in [-0.3, -0.25) is 14.9 Å². The molecule has 0 aliphatic heterocycles. The van der Waals surface area contributed by atoms with E-state index in [4.69, 9.17) is 4.74 Å². The number of nitrogens with zero attached hydrogens (tertiary/aromatic N) is 1. The molecule has 0 fully saturated rings. The summed E-state index contributed by atoms with van der Waals surface area (Å²) >= 11 is 0. The van der Waals surface area contributed by atoms with E-state index in [1.165, 1.54) is 6.92 Å². The van der Waals surface area contributed by atoms with Crippen molar-refractivity contribution in [2.45, 2.75) is 26.4 Å². The van der Waals surface area contributed by atoms with Crippen molar-refractivity contribution in [2.24, 2.45) is 0 Å². The summed E-state index contributed by atoms with van der Waals surface area (Å²) in [5, 5.41) is 13.7. The highest BCUT2D eigenvalue weighted by Gasteiger charge is 2.23. The van der Waals surface area contributed by atoms with Gasteiger partial charge in [0.2, 0.25) is 0 Å². The molecule has 29 heavy (non-hydrogen) atoms. The monoisotopic (exact) mass is 400 g/mol. The number of nitro benzene ring substituents is 1. The van der Waals surface area contributed by atoms with Gasteiger partial charge in [0.1, 0.15) is 0 Å². The number of nitro groups is 1. The molecule has 0 spiro atoms. The van der Waals surface area contributed by atoms with Gasteiger partial charge in [0.05, 0.1) is 23.2 Å². The van der Waals surface area contributed by atoms with Gasteiger partial charge in [0.25, 0.3) is 11.6 Å². The molecule has 2 rings (SSSR count). The minimum Gasteiger partial charge on any atom is -0.465 e. The Morgan fingerprint density at radius 3 is 2.17 bits per heavy atom. The number of aryl methyl sites for hydroxylation is 1. The summed E-state index contributed by atoms with van der Waals surface area (Å²) in [6.07, 6.45) is -0.312. The van der Waals surface area contributed by atoms with E-state index in [1.54, 1.807) is 12.1 Å². The van der Waals surface area contributed by atoms with E-state index in [0.29, 0.717) is 5.69 Å². The Bertz CT molecular complexity index is 938. The minimum atomic E-state index is -1.17. The van der Waals surface area contributed by atoms with Crippen molar-refractivity contribution in [1.82, 2.24) is 0 Å². The highest BCUT2D eigenvalue weighted by atomic mass is 16.6. The molecule has 0 saturated heterocycles. The van der Waals surface area contributed by atoms with Gasteiger partial charge in [-0.25, -0.2) is 9.59 Å². The maximum absolute atomic E-state index is 12.4. The number of non-ortho nitro benzene ring substituents is 1. The average Bonchev–Trinajstić information content (AvgIpc) is 2.73. The molecule has 2 aromatic carbocycles. The van der Waals surface area contributed by atoms with E-state index in [1.807, 2.05) is 19.1 Å². The molecule has 0 saturated carbocycles. The van der Waals surface area contributed by atoms with Gasteiger partial charge >= 0.3 is 11.9 Å². The molecular weight excluding hydrogens is 380 g/mol. The third-order valence-electron chi connectivity index (χ3n) is 4.07. The SMILES string of the molecule is CCc1ccc(NC(=O)[C@@H](C)OC(=O)c2cc(C(=O)OC)cc([N+](=O)[O-])c2)cc1. The molecule has 0 aliphatic rings. The van der Waals surface area contributed by atoms with Crippen molar-refractivity contribution in [3.8, 4) is 0 Å². The topological polar surface area (TPSA) is 125 Å². The number of anilines is 1. The normalized spacial score (nSPS) is 11.3. The summed E-state index contributed by atoms with van der Waals surface area (Å²) < 4.78 is 9.62. The summed E-state index contributed by atoms with van der Waals surface area (Å²) in [7, 11) is 1.11. The molecule has 0 unspecified atom stereocenters. The van der Waals surface area contributed by atoms with E-state index in [0.717, 1.165) is 37.3 Å². The number of carbonyl (C=O) groups is 3. The molecule has 0 aliphatic carbocycles. The van der Waals surface area contributed by atoms with Crippen molar-refractivity contribution in [2.75, 3.05) is 12.4 Å². The Labute approximate surface area is 166 Å². The predicted molar refractivity (Wildman–Crippen MR) is 104 cm³/mol. The second-order valence-corrected chi connectivity index (χ2v) is 6.10. The van der Waals surface area contributed by atoms with Crippen LogP contribution in [0.4, 0.5) is 11.4 Å². The lowest BCUT2D eigenvalue weighted by Crippen LogP contribution is -2.30. The van der Waals surface area contributed by atoms with E-state index in [-0.39, 0.29) is 11.1 Å². The first kappa shape index (κ1) is 21.5. The second kappa shape index (κ2) is 9.45. The summed E-state index contributed by atoms with van der Waals surface area (Å²) in [5.74, 6) is -2.40. The predicted octanol–water partition coefficient (Wildman–Crippen LogP) is 3.13. The molecule has 152 valence electrons. The number of amides is 1. The number of benzene rings is 2. The number of ether oxygens (including phenoxy) is 2. The van der Waals surface area contributed by atoms with Crippen LogP contribution in [0.2, 0.25) is 0 Å². The maximum atomic E-state index is 12.4. The summed E-state index contributed by atoms with van der Waals surface area (Å²) in [6.45, 7) is 3.38. The Balaban J connectivity index is 2.13. The van der Waals surface area contributed by atoms with E-state index >= 15 is 0 Å². The third-order valence-corrected chi connectivity index (χ3v) is 4.07. The zero-order valence-corrected chi connectivity index (χ0v) is 16.1. The Hall–Kier alpha value is -3.75. The van der Waals surface area contributed by atoms with Gasteiger partial charge in [-0.05, 0) is 37.1 Å². The molecule has 0 radical (unpaired) electrons. The fourth-order valence-corrected chi connectivity index (χ4v) is 2.42. The molecule has 0 bridgehead atoms. The van der Waals surface area contributed by atoms with Crippen LogP contribution in [0.15, 0.2) is 42.5 Å². The van der Waals surface area contributed by atoms with E-state index < -0.39 is 34.6 Å². The van der Waals surface area contributed by atoms with Gasteiger partial charge < -0.3 is 14.8 Å². The summed E-state index contributed by atoms with van der Waals surface area (Å²) in [5.41, 5.74) is 0.745. The van der Waals surface area contributed by atoms with Gasteiger partial charge in [-0.1, -0.05) is 19.1 Å². The van der Waals surface area contributed by atoms with Crippen LogP contribution in [-0.4, -0.2) is 36.0 Å². The van der Waals surface area contributed by atoms with Crippen LogP contribution in [0, 0.1) is 10.1 Å². The molecule has 0 aromatic heterocycles. The Morgan fingerprint density at radius 2 is 1.66 bits per heavy atom. The largest absolute Gasteiger partial charge is 0.465 e. The molecule has 9 heteroatoms. The zero-order chi connectivity index (χ0) is 21.6. The number of rotatable bonds is 7. The standard InChI is InChI=1S/C20H20N2O7/c1-4-13-5-7-16(8-6-13)21-18(23)12(2)29-20(25)15-9-14(19(24)28-3)10-17(11-15)22(26)27/h5-12H,4H2,1-3H3,(H,21,23)/t12-/m1/s1. The van der Waals surface area contributed by atoms with E-state index in [2.05, 4.69) is 10.1 Å². The molecule has 9 nitrogen and oxygen atoms in total. The first-order valence-electron chi connectivity index (χ1n) is 8.73. The van der Waals surface area contributed by atoms with Crippen LogP contribution in [0.5, 0.6) is 0 Å². The lowest BCUT2D eigenvalue weighted by atomic mass is 10.1. The number of carbonyl (C=O) groups excluding carboxylic acids is 3. The summed E-state index contributed by atoms with van der Waals surface area (Å²) in [6, 6.07) is 10.2. The fourth-order valence-electron chi connectivity index (χ4n) is 2.42. The number of hydrogen-bond acceptors (Lipinski definition) is 7. The quantitative estimate of drug-likeness (QED) is 0.430. The zero-order valence-electron chi connectivity index (χ0n) is 16.1. The number of hydrogen-bond donors (Lipinski definition) is 1. The molecule has 1 amide bonds. The molecule has 0 heterocycles. The number of methoxy groups -OCH3 is 1. The lowest BCUT2D eigenvalue weighted by molar-refractivity contribution is -0.384. The first-order valence-corrected chi connectivity index (χ1v) is 8.73. The van der Waals surface area contributed by atoms with Crippen LogP contribution in [0.25, 0.3) is 0 Å². The van der Waals surface area contributed by atoms with Crippen molar-refractivity contribution in [3.63, 3.8) is 0 Å². The third kappa shape index (κ3) is 5.61. The maximum Gasteiger partial charge on any atom is 0.339 e. The van der Waals surface area contributed by atoms with Crippen LogP contribution in [0.3, 0.4) is 0 Å². The van der Waals surface area contributed by atoms with Gasteiger partial charge in [-0.2, -0.15) is 0 Å². The fraction of sp³-hybridized carbons (Fsp3) is 0.250. The lowest BCUT2D eigenvalue weighted by Gasteiger charge is -2.14. The highest BCUT2D eigenvalue weighted by molar-refractivity contribution is 5.99.